The number of carbonyl (C=O) groups excluding carboxylic acids is 2. The quantitative estimate of drug-likeness (QED) is 0.0125. The number of allylic oxidation sites excluding steroid dienone is 14. The Morgan fingerprint density at radius 1 is 0.307 bits per heavy atom. The molecule has 10 heteroatoms. The predicted molar refractivity (Wildman–Crippen MR) is 600 cm³/mol. The van der Waals surface area contributed by atoms with Gasteiger partial charge in [-0.05, 0) is 262 Å². The van der Waals surface area contributed by atoms with Crippen molar-refractivity contribution in [2.45, 2.75) is 323 Å². The van der Waals surface area contributed by atoms with Crippen molar-refractivity contribution in [3.8, 4) is 31.6 Å². The first-order chi connectivity index (χ1) is 68.7. The summed E-state index contributed by atoms with van der Waals surface area (Å²) in [5.41, 5.74) is 24.7. The number of nitrogens with zero attached hydrogens (tertiary/aromatic N) is 4. The van der Waals surface area contributed by atoms with Gasteiger partial charge in [0.1, 0.15) is 0 Å². The van der Waals surface area contributed by atoms with Gasteiger partial charge in [-0.1, -0.05) is 379 Å². The molecule has 716 valence electrons. The van der Waals surface area contributed by atoms with Crippen LogP contribution in [0, 0.1) is 35.8 Å². The number of hydrogen-bond donors (Lipinski definition) is 0. The lowest BCUT2D eigenvalue weighted by Crippen LogP contribution is -2.30. The van der Waals surface area contributed by atoms with Crippen molar-refractivity contribution in [3.05, 3.63) is 373 Å². The molecule has 6 nitrogen and oxygen atoms in total. The number of hydrogen-bond acceptors (Lipinski definition) is 8. The maximum Gasteiger partial charge on any atom is 0.270 e. The summed E-state index contributed by atoms with van der Waals surface area (Å²) >= 11 is 8.05. The Balaban J connectivity index is 0.987. The van der Waals surface area contributed by atoms with Gasteiger partial charge in [-0.15, -0.1) is 45.3 Å². The summed E-state index contributed by atoms with van der Waals surface area (Å²) in [6.07, 6.45) is 66.3. The zero-order chi connectivity index (χ0) is 97.5. The molecule has 140 heavy (non-hydrogen) atoms. The first-order valence-corrected chi connectivity index (χ1v) is 56.8. The van der Waals surface area contributed by atoms with Gasteiger partial charge in [-0.25, -0.2) is 20.2 Å². The number of benzene rings is 8. The lowest BCUT2D eigenvalue weighted by molar-refractivity contribution is 0.103. The van der Waals surface area contributed by atoms with Crippen LogP contribution in [0.5, 0.6) is 0 Å². The molecule has 0 aliphatic heterocycles. The van der Waals surface area contributed by atoms with Gasteiger partial charge in [-0.3, -0.25) is 9.59 Å². The zero-order valence-corrected chi connectivity index (χ0v) is 87.6. The van der Waals surface area contributed by atoms with Gasteiger partial charge in [0.15, 0.2) is 11.6 Å². The molecule has 16 rings (SSSR count). The molecule has 0 saturated carbocycles. The van der Waals surface area contributed by atoms with Crippen molar-refractivity contribution in [1.29, 1.82) is 10.5 Å². The third-order valence-corrected chi connectivity index (χ3v) is 34.8. The molecule has 4 aliphatic rings. The minimum Gasteiger partial charge on any atom is -0.289 e. The SMILES string of the molecule is [C-]#[N+]\C(C#N)=C1/C(=C/C=C/C=C/c2cc3c(s2)-c2sc4c5c(sc4c2C3(c2cc(CCCCCC)cc(CCCCCC)c2)c2cc(CCCCCC)cc(CCCCCC)c2)-c2sc(/C=C/C=C/C=C3\C(=O)c4cc6ccccc6cc4\C3=C(\C#N)[N+]#[C-])cc2C5(c2cc(CCCCCC)cc(CCCCCC)c2)c2cc(CCCCCC)cc(CCCCCC)c2)C(=O)c2cc3ccccc3cc21. The Labute approximate surface area is 852 Å². The number of ketones is 2. The van der Waals surface area contributed by atoms with Crippen LogP contribution in [0.1, 0.15) is 391 Å². The van der Waals surface area contributed by atoms with Gasteiger partial charge in [0, 0.05) is 54.3 Å². The summed E-state index contributed by atoms with van der Waals surface area (Å²) < 4.78 is 2.80. The van der Waals surface area contributed by atoms with Gasteiger partial charge in [-0.2, -0.15) is 0 Å². The molecular weight excluding hydrogens is 1780 g/mol. The Morgan fingerprint density at radius 2 is 0.564 bits per heavy atom. The Morgan fingerprint density at radius 3 is 0.807 bits per heavy atom. The average Bonchev–Trinajstić information content (AvgIpc) is 1.48. The summed E-state index contributed by atoms with van der Waals surface area (Å²) in [6, 6.07) is 65.4. The lowest BCUT2D eigenvalue weighted by atomic mass is 9.65. The number of rotatable bonds is 50. The normalized spacial score (nSPS) is 15.2. The highest BCUT2D eigenvalue weighted by atomic mass is 32.1. The number of nitriles is 2. The first kappa shape index (κ1) is 102. The maximum atomic E-state index is 14.7. The highest BCUT2D eigenvalue weighted by Gasteiger charge is 2.56. The summed E-state index contributed by atoms with van der Waals surface area (Å²) in [6.45, 7) is 35.1. The van der Waals surface area contributed by atoms with E-state index in [1.54, 1.807) is 0 Å². The van der Waals surface area contributed by atoms with E-state index in [0.717, 1.165) is 134 Å². The smallest absolute Gasteiger partial charge is 0.270 e. The van der Waals surface area contributed by atoms with Crippen LogP contribution in [0.4, 0.5) is 0 Å². The largest absolute Gasteiger partial charge is 0.289 e. The average molecular weight is 1920 g/mol. The van der Waals surface area contributed by atoms with Gasteiger partial charge in [0.25, 0.3) is 11.4 Å². The molecule has 0 saturated heterocycles. The molecule has 4 aromatic heterocycles. The monoisotopic (exact) mass is 1920 g/mol. The van der Waals surface area contributed by atoms with Crippen molar-refractivity contribution in [2.24, 2.45) is 0 Å². The van der Waals surface area contributed by atoms with E-state index in [9.17, 15) is 20.1 Å². The van der Waals surface area contributed by atoms with Gasteiger partial charge < -0.3 is 0 Å². The second-order valence-electron chi connectivity index (χ2n) is 39.9. The zero-order valence-electron chi connectivity index (χ0n) is 84.3. The van der Waals surface area contributed by atoms with Crippen LogP contribution in [-0.4, -0.2) is 11.6 Å². The highest BCUT2D eigenvalue weighted by Crippen LogP contribution is 2.71. The van der Waals surface area contributed by atoms with E-state index in [2.05, 4.69) is 209 Å². The molecule has 0 atom stereocenters. The van der Waals surface area contributed by atoms with Gasteiger partial charge in [0.2, 0.25) is 0 Å². The van der Waals surface area contributed by atoms with E-state index < -0.39 is 10.8 Å². The first-order valence-electron chi connectivity index (χ1n) is 53.5. The van der Waals surface area contributed by atoms with Crippen molar-refractivity contribution < 1.29 is 9.59 Å². The molecule has 4 heterocycles. The van der Waals surface area contributed by atoms with Crippen LogP contribution in [-0.2, 0) is 62.2 Å². The fraction of sp³-hybridized carbons (Fsp3) is 0.385. The molecule has 12 aromatic rings. The second kappa shape index (κ2) is 48.8. The van der Waals surface area contributed by atoms with E-state index >= 15 is 0 Å². The number of carbonyl (C=O) groups is 2. The predicted octanol–water partition coefficient (Wildman–Crippen LogP) is 38.2. The van der Waals surface area contributed by atoms with Crippen LogP contribution in [0.15, 0.2) is 229 Å². The highest BCUT2D eigenvalue weighted by molar-refractivity contribution is 7.34. The van der Waals surface area contributed by atoms with Crippen LogP contribution in [0.3, 0.4) is 0 Å². The number of Topliss-reactive ketones (excluding diaryl/α,β-unsaturated/α-hetero) is 2. The molecule has 4 aliphatic carbocycles. The van der Waals surface area contributed by atoms with Crippen molar-refractivity contribution in [2.75, 3.05) is 0 Å². The number of fused-ring (bicyclic) bond motifs is 13. The van der Waals surface area contributed by atoms with E-state index in [1.165, 1.54) is 272 Å². The van der Waals surface area contributed by atoms with E-state index in [1.807, 2.05) is 132 Å². The van der Waals surface area contributed by atoms with E-state index in [4.69, 9.17) is 13.1 Å². The molecule has 0 unspecified atom stereocenters. The van der Waals surface area contributed by atoms with Crippen LogP contribution < -0.4 is 0 Å². The lowest BCUT2D eigenvalue weighted by Gasteiger charge is -2.35. The third-order valence-electron chi connectivity index (χ3n) is 29.7. The standard InChI is InChI=1S/C130H140N4O2S4/c1-11-19-27-37-53-89-69-90(54-38-28-20-12-2)74-101(73-89)129(102-75-91(55-39-29-21-13-3)70-92(76-102)56-40-30-22-14-4)113-85-105(65-45-35-47-67-107-117(115(87-131)133-9)109-81-97-61-49-51-63-99(97)83-111(109)121(107)135)137-123(113)125-119(129)127-128(139-125)120-126(140-127)124-114(86-106(138-124)66-46-36-48-68-108-118(116(88-132)134-10)110-82-98-62-50-52-64-100(98)84-112(110)122(108)136)130(120,103-77-93(57-41-31-23-15-5)71-94(78-103)58-42-32-24-16-6)104-79-95(59-43-33-25-17-7)72-96(80-104)60-44-34-26-18-8/h35-36,45-52,61-86H,11-34,37-44,53-60H2,1-8H3/b47-35+,48-36+,65-45+,66-46+,107-67-,108-68-,117-115-,118-116+. The third kappa shape index (κ3) is 21.8. The number of aryl methyl sites for hydroxylation is 8. The molecule has 8 aromatic carbocycles. The van der Waals surface area contributed by atoms with Crippen molar-refractivity contribution in [3.63, 3.8) is 0 Å². The molecule has 0 spiro atoms. The number of unbranched alkanes of at least 4 members (excludes halogenated alkanes) is 24. The van der Waals surface area contributed by atoms with Gasteiger partial charge in [0.05, 0.1) is 65.0 Å². The maximum absolute atomic E-state index is 14.7. The molecule has 0 N–H and O–H groups in total. The number of thiophene rings is 4. The van der Waals surface area contributed by atoms with Crippen molar-refractivity contribution >= 4 is 111 Å². The summed E-state index contributed by atoms with van der Waals surface area (Å²) in [5.74, 6) is -0.370. The van der Waals surface area contributed by atoms with Crippen LogP contribution in [0.25, 0.3) is 83.4 Å². The second-order valence-corrected chi connectivity index (χ2v) is 44.1. The molecule has 0 bridgehead atoms. The van der Waals surface area contributed by atoms with Crippen LogP contribution in [0.2, 0.25) is 0 Å². The molecule has 0 radical (unpaired) electrons. The molecule has 0 amide bonds. The Hall–Kier alpha value is -11.4. The minimum absolute atomic E-state index is 0.0895. The summed E-state index contributed by atoms with van der Waals surface area (Å²) in [7, 11) is 0. The van der Waals surface area contributed by atoms with Crippen molar-refractivity contribution in [1.82, 2.24) is 0 Å². The minimum atomic E-state index is -0.778. The van der Waals surface area contributed by atoms with E-state index in [-0.39, 0.29) is 23.0 Å². The van der Waals surface area contributed by atoms with Gasteiger partial charge >= 0.3 is 0 Å². The summed E-state index contributed by atoms with van der Waals surface area (Å²) in [5, 5.41) is 24.9. The molecular formula is C130H140N4O2S4. The van der Waals surface area contributed by atoms with E-state index in [0.29, 0.717) is 44.5 Å². The Bertz CT molecular complexity index is 6270. The fourth-order valence-electron chi connectivity index (χ4n) is 22.6. The van der Waals surface area contributed by atoms with Crippen LogP contribution >= 0.6 is 45.3 Å². The fourth-order valence-corrected chi connectivity index (χ4v) is 28.3. The summed E-state index contributed by atoms with van der Waals surface area (Å²) in [4.78, 5) is 44.7. The topological polar surface area (TPSA) is 90.4 Å². The Kier molecular flexibility index (Phi) is 35.4. The molecule has 0 fully saturated rings.